The lowest BCUT2D eigenvalue weighted by molar-refractivity contribution is -0.126. The van der Waals surface area contributed by atoms with Crippen LogP contribution in [0.15, 0.2) is 24.3 Å². The lowest BCUT2D eigenvalue weighted by atomic mass is 9.88. The fourth-order valence-corrected chi connectivity index (χ4v) is 4.22. The first-order valence-electron chi connectivity index (χ1n) is 7.90. The van der Waals surface area contributed by atoms with Gasteiger partial charge in [0, 0.05) is 13.0 Å². The fraction of sp³-hybridized carbons (Fsp3) is 0.529. The second-order valence-corrected chi connectivity index (χ2v) is 6.57. The van der Waals surface area contributed by atoms with Crippen LogP contribution >= 0.6 is 0 Å². The van der Waals surface area contributed by atoms with E-state index in [0.29, 0.717) is 12.5 Å². The molecule has 0 radical (unpaired) electrons. The van der Waals surface area contributed by atoms with Crippen LogP contribution in [0.25, 0.3) is 11.0 Å². The zero-order valence-corrected chi connectivity index (χ0v) is 12.4. The molecule has 0 saturated heterocycles. The molecule has 1 aromatic heterocycles. The van der Waals surface area contributed by atoms with Crippen molar-refractivity contribution in [3.05, 3.63) is 30.1 Å². The Balaban J connectivity index is 1.46. The maximum atomic E-state index is 12.4. The molecule has 1 N–H and O–H groups in total. The van der Waals surface area contributed by atoms with E-state index in [1.807, 2.05) is 25.2 Å². The van der Waals surface area contributed by atoms with Crippen molar-refractivity contribution in [1.82, 2.24) is 14.9 Å². The predicted octanol–water partition coefficient (Wildman–Crippen LogP) is 2.63. The molecule has 2 aliphatic rings. The van der Waals surface area contributed by atoms with Gasteiger partial charge in [0.2, 0.25) is 5.91 Å². The highest BCUT2D eigenvalue weighted by atomic mass is 16.1. The van der Waals surface area contributed by atoms with Gasteiger partial charge in [-0.1, -0.05) is 18.6 Å². The standard InChI is InChI=1S/C17H21N3O/c1-20-15-5-3-2-4-14(15)19-16(20)10-18-17(21)13-9-11-6-7-12(13)8-11/h2-5,11-13H,6-10H2,1H3,(H,18,21). The number of hydrogen-bond donors (Lipinski definition) is 1. The molecule has 110 valence electrons. The van der Waals surface area contributed by atoms with E-state index in [0.717, 1.165) is 29.2 Å². The van der Waals surface area contributed by atoms with Crippen molar-refractivity contribution in [2.75, 3.05) is 0 Å². The molecular weight excluding hydrogens is 262 g/mol. The smallest absolute Gasteiger partial charge is 0.223 e. The van der Waals surface area contributed by atoms with Gasteiger partial charge >= 0.3 is 0 Å². The normalized spacial score (nSPS) is 27.4. The Hall–Kier alpha value is -1.84. The van der Waals surface area contributed by atoms with Crippen LogP contribution in [0.3, 0.4) is 0 Å². The molecule has 1 amide bonds. The zero-order chi connectivity index (χ0) is 14.4. The Morgan fingerprint density at radius 3 is 2.90 bits per heavy atom. The Kier molecular flexibility index (Phi) is 2.98. The number of amides is 1. The van der Waals surface area contributed by atoms with Crippen LogP contribution in [0.5, 0.6) is 0 Å². The van der Waals surface area contributed by atoms with Crippen molar-refractivity contribution >= 4 is 16.9 Å². The maximum absolute atomic E-state index is 12.4. The van der Waals surface area contributed by atoms with E-state index in [2.05, 4.69) is 20.9 Å². The third kappa shape index (κ3) is 2.13. The van der Waals surface area contributed by atoms with Crippen molar-refractivity contribution in [2.45, 2.75) is 32.2 Å². The minimum atomic E-state index is 0.231. The number of carbonyl (C=O) groups is 1. The van der Waals surface area contributed by atoms with E-state index < -0.39 is 0 Å². The van der Waals surface area contributed by atoms with Gasteiger partial charge in [-0.25, -0.2) is 4.98 Å². The third-order valence-corrected chi connectivity index (χ3v) is 5.38. The Bertz CT molecular complexity index is 690. The largest absolute Gasteiger partial charge is 0.349 e. The van der Waals surface area contributed by atoms with E-state index in [-0.39, 0.29) is 11.8 Å². The molecule has 4 rings (SSSR count). The van der Waals surface area contributed by atoms with E-state index >= 15 is 0 Å². The number of nitrogens with zero attached hydrogens (tertiary/aromatic N) is 2. The molecule has 1 aromatic carbocycles. The molecule has 3 atom stereocenters. The summed E-state index contributed by atoms with van der Waals surface area (Å²) in [5.74, 6) is 2.84. The predicted molar refractivity (Wildman–Crippen MR) is 81.5 cm³/mol. The van der Waals surface area contributed by atoms with Crippen LogP contribution in [0, 0.1) is 17.8 Å². The molecule has 1 heterocycles. The van der Waals surface area contributed by atoms with Gasteiger partial charge in [0.15, 0.2) is 0 Å². The molecule has 2 aliphatic carbocycles. The molecular formula is C17H21N3O. The molecule has 4 heteroatoms. The van der Waals surface area contributed by atoms with Crippen LogP contribution in [0.4, 0.5) is 0 Å². The molecule has 2 bridgehead atoms. The minimum Gasteiger partial charge on any atom is -0.349 e. The summed E-state index contributed by atoms with van der Waals surface area (Å²) in [4.78, 5) is 17.0. The molecule has 2 saturated carbocycles. The Labute approximate surface area is 124 Å². The van der Waals surface area contributed by atoms with Crippen molar-refractivity contribution in [3.63, 3.8) is 0 Å². The number of para-hydroxylation sites is 2. The molecule has 2 fully saturated rings. The van der Waals surface area contributed by atoms with Gasteiger partial charge in [0.1, 0.15) is 5.82 Å². The van der Waals surface area contributed by atoms with Crippen molar-refractivity contribution < 1.29 is 4.79 Å². The summed E-state index contributed by atoms with van der Waals surface area (Å²) in [6.07, 6.45) is 4.94. The third-order valence-electron chi connectivity index (χ3n) is 5.38. The highest BCUT2D eigenvalue weighted by Gasteiger charge is 2.42. The highest BCUT2D eigenvalue weighted by Crippen LogP contribution is 2.48. The van der Waals surface area contributed by atoms with E-state index in [1.54, 1.807) is 0 Å². The van der Waals surface area contributed by atoms with Crippen LogP contribution in [-0.4, -0.2) is 15.5 Å². The van der Waals surface area contributed by atoms with Crippen LogP contribution < -0.4 is 5.32 Å². The molecule has 4 nitrogen and oxygen atoms in total. The number of imidazole rings is 1. The summed E-state index contributed by atoms with van der Waals surface area (Å²) in [5.41, 5.74) is 2.10. The Morgan fingerprint density at radius 1 is 1.33 bits per heavy atom. The first kappa shape index (κ1) is 12.9. The van der Waals surface area contributed by atoms with Crippen molar-refractivity contribution in [1.29, 1.82) is 0 Å². The van der Waals surface area contributed by atoms with Gasteiger partial charge in [-0.3, -0.25) is 4.79 Å². The number of nitrogens with one attached hydrogen (secondary N) is 1. The van der Waals surface area contributed by atoms with Gasteiger partial charge < -0.3 is 9.88 Å². The van der Waals surface area contributed by atoms with E-state index in [4.69, 9.17) is 0 Å². The van der Waals surface area contributed by atoms with Crippen molar-refractivity contribution in [2.24, 2.45) is 24.8 Å². The number of rotatable bonds is 3. The number of hydrogen-bond acceptors (Lipinski definition) is 2. The van der Waals surface area contributed by atoms with Gasteiger partial charge in [-0.15, -0.1) is 0 Å². The number of fused-ring (bicyclic) bond motifs is 3. The lowest BCUT2D eigenvalue weighted by Gasteiger charge is -2.20. The molecule has 2 aromatic rings. The second-order valence-electron chi connectivity index (χ2n) is 6.57. The maximum Gasteiger partial charge on any atom is 0.223 e. The van der Waals surface area contributed by atoms with Gasteiger partial charge in [-0.05, 0) is 43.2 Å². The van der Waals surface area contributed by atoms with Gasteiger partial charge in [0.05, 0.1) is 17.6 Å². The summed E-state index contributed by atoms with van der Waals surface area (Å²) in [6.45, 7) is 0.526. The number of aryl methyl sites for hydroxylation is 1. The lowest BCUT2D eigenvalue weighted by Crippen LogP contribution is -2.33. The summed E-state index contributed by atoms with van der Waals surface area (Å²) in [6, 6.07) is 8.08. The van der Waals surface area contributed by atoms with Crippen LogP contribution in [0.2, 0.25) is 0 Å². The molecule has 21 heavy (non-hydrogen) atoms. The van der Waals surface area contributed by atoms with E-state index in [1.165, 1.54) is 19.3 Å². The van der Waals surface area contributed by atoms with Gasteiger partial charge in [0.25, 0.3) is 0 Å². The minimum absolute atomic E-state index is 0.231. The quantitative estimate of drug-likeness (QED) is 0.941. The molecule has 3 unspecified atom stereocenters. The van der Waals surface area contributed by atoms with E-state index in [9.17, 15) is 4.79 Å². The topological polar surface area (TPSA) is 46.9 Å². The second kappa shape index (κ2) is 4.86. The van der Waals surface area contributed by atoms with Gasteiger partial charge in [-0.2, -0.15) is 0 Å². The molecule has 0 aliphatic heterocycles. The number of benzene rings is 1. The fourth-order valence-electron chi connectivity index (χ4n) is 4.22. The summed E-state index contributed by atoms with van der Waals surface area (Å²) >= 11 is 0. The number of aromatic nitrogens is 2. The Morgan fingerprint density at radius 2 is 2.19 bits per heavy atom. The van der Waals surface area contributed by atoms with Crippen LogP contribution in [-0.2, 0) is 18.4 Å². The SMILES string of the molecule is Cn1c(CNC(=O)C2CC3CCC2C3)nc2ccccc21. The average Bonchev–Trinajstić information content (AvgIpc) is 3.20. The first-order chi connectivity index (χ1) is 10.2. The summed E-state index contributed by atoms with van der Waals surface area (Å²) < 4.78 is 2.07. The summed E-state index contributed by atoms with van der Waals surface area (Å²) in [5, 5.41) is 3.11. The first-order valence-corrected chi connectivity index (χ1v) is 7.90. The molecule has 0 spiro atoms. The monoisotopic (exact) mass is 283 g/mol. The number of carbonyl (C=O) groups excluding carboxylic acids is 1. The van der Waals surface area contributed by atoms with Crippen LogP contribution in [0.1, 0.15) is 31.5 Å². The zero-order valence-electron chi connectivity index (χ0n) is 12.4. The average molecular weight is 283 g/mol. The van der Waals surface area contributed by atoms with Crippen molar-refractivity contribution in [3.8, 4) is 0 Å². The summed E-state index contributed by atoms with van der Waals surface area (Å²) in [7, 11) is 2.01. The highest BCUT2D eigenvalue weighted by molar-refractivity contribution is 5.80.